The zero-order valence-corrected chi connectivity index (χ0v) is 17.4. The summed E-state index contributed by atoms with van der Waals surface area (Å²) in [4.78, 5) is 14.8. The highest BCUT2D eigenvalue weighted by Crippen LogP contribution is 2.30. The normalized spacial score (nSPS) is 14.3. The maximum absolute atomic E-state index is 13.0. The molecule has 1 aliphatic heterocycles. The summed E-state index contributed by atoms with van der Waals surface area (Å²) in [6.07, 6.45) is 1.97. The third-order valence-corrected chi connectivity index (χ3v) is 5.80. The summed E-state index contributed by atoms with van der Waals surface area (Å²) in [5.41, 5.74) is 2.21. The first kappa shape index (κ1) is 19.8. The van der Waals surface area contributed by atoms with E-state index in [-0.39, 0.29) is 17.8 Å². The van der Waals surface area contributed by atoms with Gasteiger partial charge in [0.1, 0.15) is 5.75 Å². The lowest BCUT2D eigenvalue weighted by Crippen LogP contribution is -2.40. The molecular formula is C21H20ClN3O3S. The molecule has 3 aromatic rings. The molecule has 6 nitrogen and oxygen atoms in total. The van der Waals surface area contributed by atoms with Crippen molar-refractivity contribution < 1.29 is 13.9 Å². The van der Waals surface area contributed by atoms with Crippen LogP contribution >= 0.6 is 23.4 Å². The van der Waals surface area contributed by atoms with Crippen molar-refractivity contribution in [2.45, 2.75) is 36.8 Å². The highest BCUT2D eigenvalue weighted by molar-refractivity contribution is 8.00. The lowest BCUT2D eigenvalue weighted by Gasteiger charge is -2.31. The number of aromatic nitrogens is 2. The van der Waals surface area contributed by atoms with Crippen LogP contribution in [0.5, 0.6) is 5.75 Å². The topological polar surface area (TPSA) is 68.5 Å². The number of carbonyl (C=O) groups is 1. The maximum Gasteiger partial charge on any atom is 0.277 e. The minimum atomic E-state index is -0.341. The average molecular weight is 430 g/mol. The number of thioether (sulfide) groups is 1. The van der Waals surface area contributed by atoms with Crippen LogP contribution in [0.4, 0.5) is 5.69 Å². The smallest absolute Gasteiger partial charge is 0.277 e. The molecule has 0 N–H and O–H groups in total. The second-order valence-electron chi connectivity index (χ2n) is 6.69. The molecule has 0 saturated heterocycles. The Morgan fingerprint density at radius 1 is 1.24 bits per heavy atom. The number of benzene rings is 2. The van der Waals surface area contributed by atoms with Crippen LogP contribution in [0.2, 0.25) is 5.02 Å². The van der Waals surface area contributed by atoms with Crippen molar-refractivity contribution in [1.82, 2.24) is 10.2 Å². The van der Waals surface area contributed by atoms with Gasteiger partial charge in [-0.15, -0.1) is 10.2 Å². The van der Waals surface area contributed by atoms with Gasteiger partial charge in [-0.3, -0.25) is 4.79 Å². The van der Waals surface area contributed by atoms with Gasteiger partial charge in [0.15, 0.2) is 6.61 Å². The molecule has 0 saturated carbocycles. The van der Waals surface area contributed by atoms with Crippen LogP contribution in [0.15, 0.2) is 58.2 Å². The van der Waals surface area contributed by atoms with Crippen molar-refractivity contribution in [3.8, 4) is 5.75 Å². The Labute approximate surface area is 178 Å². The lowest BCUT2D eigenvalue weighted by molar-refractivity contribution is -0.117. The molecular weight excluding hydrogens is 410 g/mol. The van der Waals surface area contributed by atoms with Crippen molar-refractivity contribution >= 4 is 35.0 Å². The zero-order chi connectivity index (χ0) is 20.2. The number of hydrogen-bond donors (Lipinski definition) is 0. The van der Waals surface area contributed by atoms with Crippen LogP contribution in [0.3, 0.4) is 0 Å². The molecule has 8 heteroatoms. The number of rotatable bonds is 6. The molecule has 4 rings (SSSR count). The Bertz CT molecular complexity index is 993. The summed E-state index contributed by atoms with van der Waals surface area (Å²) in [5, 5.41) is 8.68. The van der Waals surface area contributed by atoms with Crippen LogP contribution in [-0.4, -0.2) is 27.9 Å². The molecule has 2 heterocycles. The first-order valence-electron chi connectivity index (χ1n) is 9.37. The lowest BCUT2D eigenvalue weighted by atomic mass is 10.0. The second kappa shape index (κ2) is 8.88. The maximum atomic E-state index is 13.0. The molecule has 1 atom stereocenters. The molecule has 1 amide bonds. The molecule has 2 aromatic carbocycles. The number of amides is 1. The minimum Gasteiger partial charge on any atom is -0.484 e. The number of hydrogen-bond acceptors (Lipinski definition) is 6. The van der Waals surface area contributed by atoms with Crippen molar-refractivity contribution in [1.29, 1.82) is 0 Å². The van der Waals surface area contributed by atoms with Gasteiger partial charge in [0.05, 0.1) is 5.25 Å². The number of fused-ring (bicyclic) bond motifs is 1. The third kappa shape index (κ3) is 4.74. The highest BCUT2D eigenvalue weighted by atomic mass is 35.5. The van der Waals surface area contributed by atoms with E-state index in [4.69, 9.17) is 20.8 Å². The van der Waals surface area contributed by atoms with Crippen molar-refractivity contribution in [3.63, 3.8) is 0 Å². The SMILES string of the molecule is CC(Sc1nnc(COc2ccc(Cl)cc2)o1)C(=O)N1CCCc2ccccc21. The van der Waals surface area contributed by atoms with E-state index in [2.05, 4.69) is 16.3 Å². The van der Waals surface area contributed by atoms with Crippen molar-refractivity contribution in [2.24, 2.45) is 0 Å². The fraction of sp³-hybridized carbons (Fsp3) is 0.286. The van der Waals surface area contributed by atoms with E-state index in [0.717, 1.165) is 25.1 Å². The molecule has 150 valence electrons. The monoisotopic (exact) mass is 429 g/mol. The van der Waals surface area contributed by atoms with E-state index >= 15 is 0 Å². The van der Waals surface area contributed by atoms with Crippen LogP contribution in [0, 0.1) is 0 Å². The summed E-state index contributed by atoms with van der Waals surface area (Å²) >= 11 is 7.12. The van der Waals surface area contributed by atoms with Crippen molar-refractivity contribution in [3.05, 3.63) is 65.0 Å². The standard InChI is InChI=1S/C21H20ClN3O3S/c1-14(20(26)25-12-4-6-15-5-2-3-7-18(15)25)29-21-24-23-19(28-21)13-27-17-10-8-16(22)9-11-17/h2-3,5,7-11,14H,4,6,12-13H2,1H3. The first-order valence-corrected chi connectivity index (χ1v) is 10.6. The Hall–Kier alpha value is -2.51. The van der Waals surface area contributed by atoms with Gasteiger partial charge in [0.2, 0.25) is 5.91 Å². The van der Waals surface area contributed by atoms with Gasteiger partial charge in [-0.2, -0.15) is 0 Å². The van der Waals surface area contributed by atoms with Gasteiger partial charge in [-0.25, -0.2) is 0 Å². The van der Waals surface area contributed by atoms with E-state index in [0.29, 0.717) is 21.9 Å². The van der Waals surface area contributed by atoms with Gasteiger partial charge < -0.3 is 14.1 Å². The number of halogens is 1. The Morgan fingerprint density at radius 3 is 2.86 bits per heavy atom. The van der Waals surface area contributed by atoms with Gasteiger partial charge in [0.25, 0.3) is 11.1 Å². The Morgan fingerprint density at radius 2 is 2.03 bits per heavy atom. The number of ether oxygens (including phenoxy) is 1. The number of anilines is 1. The first-order chi connectivity index (χ1) is 14.1. The van der Waals surface area contributed by atoms with Crippen LogP contribution in [0.1, 0.15) is 24.8 Å². The third-order valence-electron chi connectivity index (χ3n) is 4.63. The van der Waals surface area contributed by atoms with E-state index < -0.39 is 0 Å². The van der Waals surface area contributed by atoms with Gasteiger partial charge >= 0.3 is 0 Å². The Kier molecular flexibility index (Phi) is 6.06. The van der Waals surface area contributed by atoms with E-state index in [1.54, 1.807) is 24.3 Å². The predicted octanol–water partition coefficient (Wildman–Crippen LogP) is 4.76. The van der Waals surface area contributed by atoms with Crippen LogP contribution < -0.4 is 9.64 Å². The predicted molar refractivity (Wildman–Crippen MR) is 113 cm³/mol. The zero-order valence-electron chi connectivity index (χ0n) is 15.9. The fourth-order valence-electron chi connectivity index (χ4n) is 3.20. The highest BCUT2D eigenvalue weighted by Gasteiger charge is 2.28. The van der Waals surface area contributed by atoms with Gasteiger partial charge in [-0.1, -0.05) is 41.6 Å². The molecule has 1 aromatic heterocycles. The van der Waals surface area contributed by atoms with Crippen LogP contribution in [-0.2, 0) is 17.8 Å². The summed E-state index contributed by atoms with van der Waals surface area (Å²) in [7, 11) is 0. The summed E-state index contributed by atoms with van der Waals surface area (Å²) in [5.74, 6) is 1.05. The molecule has 0 bridgehead atoms. The fourth-order valence-corrected chi connectivity index (χ4v) is 4.09. The number of carbonyl (C=O) groups excluding carboxylic acids is 1. The van der Waals surface area contributed by atoms with Gasteiger partial charge in [0, 0.05) is 17.3 Å². The average Bonchev–Trinajstić information content (AvgIpc) is 3.19. The molecule has 0 radical (unpaired) electrons. The molecule has 1 aliphatic rings. The molecule has 0 spiro atoms. The van der Waals surface area contributed by atoms with E-state index in [1.165, 1.54) is 17.3 Å². The quantitative estimate of drug-likeness (QED) is 0.526. The number of nitrogens with zero attached hydrogens (tertiary/aromatic N) is 3. The van der Waals surface area contributed by atoms with Gasteiger partial charge in [-0.05, 0) is 55.7 Å². The van der Waals surface area contributed by atoms with E-state index in [1.807, 2.05) is 30.0 Å². The molecule has 1 unspecified atom stereocenters. The van der Waals surface area contributed by atoms with E-state index in [9.17, 15) is 4.79 Å². The molecule has 29 heavy (non-hydrogen) atoms. The number of aryl methyl sites for hydroxylation is 1. The summed E-state index contributed by atoms with van der Waals surface area (Å²) in [6.45, 7) is 2.74. The summed E-state index contributed by atoms with van der Waals surface area (Å²) in [6, 6.07) is 15.1. The minimum absolute atomic E-state index is 0.0410. The largest absolute Gasteiger partial charge is 0.484 e. The second-order valence-corrected chi connectivity index (χ2v) is 8.42. The van der Waals surface area contributed by atoms with Crippen LogP contribution in [0.25, 0.3) is 0 Å². The molecule has 0 aliphatic carbocycles. The summed E-state index contributed by atoms with van der Waals surface area (Å²) < 4.78 is 11.2. The van der Waals surface area contributed by atoms with Crippen molar-refractivity contribution in [2.75, 3.05) is 11.4 Å². The number of para-hydroxylation sites is 1. The molecule has 0 fully saturated rings. The Balaban J connectivity index is 1.36.